The van der Waals surface area contributed by atoms with Crippen molar-refractivity contribution in [3.63, 3.8) is 0 Å². The molecule has 0 spiro atoms. The summed E-state index contributed by atoms with van der Waals surface area (Å²) in [5.74, 6) is 0. The van der Waals surface area contributed by atoms with Crippen LogP contribution in [0.1, 0.15) is 5.56 Å². The fourth-order valence-electron chi connectivity index (χ4n) is 1.05. The summed E-state index contributed by atoms with van der Waals surface area (Å²) in [6.45, 7) is 0. The van der Waals surface area contributed by atoms with Crippen LogP contribution in [0.2, 0.25) is 0 Å². The van der Waals surface area contributed by atoms with Gasteiger partial charge in [0.2, 0.25) is 0 Å². The minimum absolute atomic E-state index is 0.0333. The first-order valence-electron chi connectivity index (χ1n) is 4.20. The predicted octanol–water partition coefficient (Wildman–Crippen LogP) is 1.79. The number of thiocarbonyl (C=S) groups is 1. The average Bonchev–Trinajstić information content (AvgIpc) is 2.25. The van der Waals surface area contributed by atoms with Gasteiger partial charge in [-0.15, -0.1) is 0 Å². The molecular weight excluding hydrogens is 226 g/mol. The lowest BCUT2D eigenvalue weighted by atomic mass is 10.1. The van der Waals surface area contributed by atoms with Gasteiger partial charge in [-0.1, -0.05) is 24.4 Å². The highest BCUT2D eigenvalue weighted by molar-refractivity contribution is 7.80. The molecule has 0 aromatic heterocycles. The molecule has 0 radical (unpaired) electrons. The van der Waals surface area contributed by atoms with Crippen LogP contribution in [0, 0.1) is 21.4 Å². The van der Waals surface area contributed by atoms with Crippen molar-refractivity contribution in [2.75, 3.05) is 0 Å². The van der Waals surface area contributed by atoms with Gasteiger partial charge in [-0.25, -0.2) is 0 Å². The molecule has 1 aromatic rings. The van der Waals surface area contributed by atoms with E-state index in [1.807, 2.05) is 6.07 Å². The third-order valence-corrected chi connectivity index (χ3v) is 2.00. The Morgan fingerprint density at radius 2 is 2.31 bits per heavy atom. The molecule has 0 aliphatic rings. The molecule has 0 amide bonds. The molecule has 0 unspecified atom stereocenters. The molecule has 1 aromatic carbocycles. The van der Waals surface area contributed by atoms with Crippen LogP contribution in [0.3, 0.4) is 0 Å². The first kappa shape index (κ1) is 11.8. The molecule has 1 rings (SSSR count). The molecule has 0 saturated carbocycles. The average molecular weight is 233 g/mol. The lowest BCUT2D eigenvalue weighted by molar-refractivity contribution is -0.384. The second-order valence-electron chi connectivity index (χ2n) is 2.89. The van der Waals surface area contributed by atoms with Crippen molar-refractivity contribution >= 4 is 29.0 Å². The van der Waals surface area contributed by atoms with Crippen molar-refractivity contribution in [3.8, 4) is 6.07 Å². The molecule has 0 bridgehead atoms. The second kappa shape index (κ2) is 5.00. The fourth-order valence-corrected chi connectivity index (χ4v) is 1.16. The van der Waals surface area contributed by atoms with E-state index < -0.39 is 4.92 Å². The summed E-state index contributed by atoms with van der Waals surface area (Å²) in [6, 6.07) is 7.69. The lowest BCUT2D eigenvalue weighted by Gasteiger charge is -1.96. The van der Waals surface area contributed by atoms with Gasteiger partial charge < -0.3 is 5.73 Å². The first-order chi connectivity index (χ1) is 7.54. The standard InChI is InChI=1S/C10H7N3O2S/c11-6-8(10(12)16)4-7-2-1-3-9(5-7)13(14)15/h1-5H,(H2,12,16)/b8-4-. The normalized spacial score (nSPS) is 10.6. The molecule has 6 heteroatoms. The summed E-state index contributed by atoms with van der Waals surface area (Å²) in [5, 5.41) is 19.2. The van der Waals surface area contributed by atoms with E-state index >= 15 is 0 Å². The minimum atomic E-state index is -0.510. The lowest BCUT2D eigenvalue weighted by Crippen LogP contribution is -2.09. The maximum Gasteiger partial charge on any atom is 0.270 e. The Morgan fingerprint density at radius 1 is 1.62 bits per heavy atom. The van der Waals surface area contributed by atoms with E-state index in [-0.39, 0.29) is 16.2 Å². The number of nitrogens with zero attached hydrogens (tertiary/aromatic N) is 2. The molecule has 0 fully saturated rings. The van der Waals surface area contributed by atoms with Gasteiger partial charge in [-0.05, 0) is 11.6 Å². The molecule has 2 N–H and O–H groups in total. The second-order valence-corrected chi connectivity index (χ2v) is 3.33. The first-order valence-corrected chi connectivity index (χ1v) is 4.61. The minimum Gasteiger partial charge on any atom is -0.389 e. The van der Waals surface area contributed by atoms with Crippen LogP contribution in [0.4, 0.5) is 5.69 Å². The molecule has 5 nitrogen and oxygen atoms in total. The zero-order valence-corrected chi connectivity index (χ0v) is 8.90. The highest BCUT2D eigenvalue weighted by Gasteiger charge is 2.05. The third kappa shape index (κ3) is 2.87. The number of hydrogen-bond donors (Lipinski definition) is 1. The third-order valence-electron chi connectivity index (χ3n) is 1.78. The van der Waals surface area contributed by atoms with Gasteiger partial charge in [0.05, 0.1) is 10.5 Å². The van der Waals surface area contributed by atoms with Crippen LogP contribution < -0.4 is 5.73 Å². The van der Waals surface area contributed by atoms with E-state index in [1.165, 1.54) is 24.3 Å². The van der Waals surface area contributed by atoms with Crippen LogP contribution in [0.5, 0.6) is 0 Å². The van der Waals surface area contributed by atoms with Crippen molar-refractivity contribution < 1.29 is 4.92 Å². The van der Waals surface area contributed by atoms with E-state index in [1.54, 1.807) is 6.07 Å². The van der Waals surface area contributed by atoms with Crippen molar-refractivity contribution in [2.24, 2.45) is 5.73 Å². The number of nitro groups is 1. The number of nitrogens with two attached hydrogens (primary N) is 1. The fraction of sp³-hybridized carbons (Fsp3) is 0. The van der Waals surface area contributed by atoms with Crippen molar-refractivity contribution in [1.82, 2.24) is 0 Å². The monoisotopic (exact) mass is 233 g/mol. The maximum atomic E-state index is 10.5. The molecule has 0 saturated heterocycles. The molecule has 0 heterocycles. The van der Waals surface area contributed by atoms with Gasteiger partial charge in [-0.3, -0.25) is 10.1 Å². The summed E-state index contributed by atoms with van der Waals surface area (Å²) >= 11 is 4.65. The largest absolute Gasteiger partial charge is 0.389 e. The van der Waals surface area contributed by atoms with Crippen LogP contribution in [0.25, 0.3) is 6.08 Å². The Kier molecular flexibility index (Phi) is 3.69. The Hall–Kier alpha value is -2.26. The quantitative estimate of drug-likeness (QED) is 0.282. The zero-order valence-electron chi connectivity index (χ0n) is 8.08. The summed E-state index contributed by atoms with van der Waals surface area (Å²) in [4.78, 5) is 9.97. The van der Waals surface area contributed by atoms with Crippen LogP contribution in [-0.2, 0) is 0 Å². The van der Waals surface area contributed by atoms with Crippen LogP contribution in [-0.4, -0.2) is 9.91 Å². The molecule has 0 aliphatic heterocycles. The van der Waals surface area contributed by atoms with Crippen LogP contribution >= 0.6 is 12.2 Å². The number of hydrogen-bond acceptors (Lipinski definition) is 4. The Balaban J connectivity index is 3.16. The van der Waals surface area contributed by atoms with E-state index in [0.29, 0.717) is 5.56 Å². The zero-order chi connectivity index (χ0) is 12.1. The van der Waals surface area contributed by atoms with Crippen molar-refractivity contribution in [2.45, 2.75) is 0 Å². The summed E-state index contributed by atoms with van der Waals surface area (Å²) in [6.07, 6.45) is 1.41. The van der Waals surface area contributed by atoms with Gasteiger partial charge >= 0.3 is 0 Å². The van der Waals surface area contributed by atoms with E-state index in [4.69, 9.17) is 11.0 Å². The Bertz CT molecular complexity index is 517. The van der Waals surface area contributed by atoms with E-state index in [9.17, 15) is 10.1 Å². The number of nitriles is 1. The summed E-state index contributed by atoms with van der Waals surface area (Å²) in [7, 11) is 0. The van der Waals surface area contributed by atoms with Crippen molar-refractivity contribution in [1.29, 1.82) is 5.26 Å². The molecule has 16 heavy (non-hydrogen) atoms. The topological polar surface area (TPSA) is 92.9 Å². The van der Waals surface area contributed by atoms with Crippen LogP contribution in [0.15, 0.2) is 29.8 Å². The highest BCUT2D eigenvalue weighted by Crippen LogP contribution is 2.15. The maximum absolute atomic E-state index is 10.5. The molecule has 0 aliphatic carbocycles. The number of rotatable bonds is 3. The number of nitro benzene ring substituents is 1. The van der Waals surface area contributed by atoms with Gasteiger partial charge in [0.1, 0.15) is 11.1 Å². The smallest absolute Gasteiger partial charge is 0.270 e. The number of non-ortho nitro benzene ring substituents is 1. The molecule has 0 atom stereocenters. The number of benzene rings is 1. The molecular formula is C10H7N3O2S. The van der Waals surface area contributed by atoms with Gasteiger partial charge in [-0.2, -0.15) is 5.26 Å². The predicted molar refractivity (Wildman–Crippen MR) is 63.5 cm³/mol. The van der Waals surface area contributed by atoms with Gasteiger partial charge in [0, 0.05) is 12.1 Å². The van der Waals surface area contributed by atoms with Crippen molar-refractivity contribution in [3.05, 3.63) is 45.5 Å². The molecule has 80 valence electrons. The van der Waals surface area contributed by atoms with Gasteiger partial charge in [0.15, 0.2) is 0 Å². The Morgan fingerprint density at radius 3 is 2.81 bits per heavy atom. The summed E-state index contributed by atoms with van der Waals surface area (Å²) in [5.41, 5.74) is 5.89. The summed E-state index contributed by atoms with van der Waals surface area (Å²) < 4.78 is 0. The Labute approximate surface area is 96.9 Å². The van der Waals surface area contributed by atoms with E-state index in [2.05, 4.69) is 12.2 Å². The highest BCUT2D eigenvalue weighted by atomic mass is 32.1. The van der Waals surface area contributed by atoms with E-state index in [0.717, 1.165) is 0 Å². The van der Waals surface area contributed by atoms with Gasteiger partial charge in [0.25, 0.3) is 5.69 Å². The SMILES string of the molecule is N#C/C(=C/c1cccc([N+](=O)[O-])c1)C(N)=S.